The predicted octanol–water partition coefficient (Wildman–Crippen LogP) is 3.69. The van der Waals surface area contributed by atoms with E-state index in [1.165, 1.54) is 53.3 Å². The van der Waals surface area contributed by atoms with Crippen molar-refractivity contribution in [3.05, 3.63) is 47.9 Å². The number of aromatic nitrogens is 3. The summed E-state index contributed by atoms with van der Waals surface area (Å²) in [6, 6.07) is 6.33. The number of halogens is 1. The van der Waals surface area contributed by atoms with E-state index in [0.29, 0.717) is 23.3 Å². The molecule has 4 unspecified atom stereocenters. The zero-order valence-corrected chi connectivity index (χ0v) is 29.1. The van der Waals surface area contributed by atoms with Gasteiger partial charge in [-0.1, -0.05) is 11.6 Å². The van der Waals surface area contributed by atoms with Crippen molar-refractivity contribution in [2.45, 2.75) is 94.6 Å². The van der Waals surface area contributed by atoms with Crippen molar-refractivity contribution in [3.63, 3.8) is 0 Å². The van der Waals surface area contributed by atoms with Crippen LogP contribution < -0.4 is 13.9 Å². The third-order valence-electron chi connectivity index (χ3n) is 8.68. The predicted molar refractivity (Wildman–Crippen MR) is 175 cm³/mol. The van der Waals surface area contributed by atoms with Crippen LogP contribution in [0.3, 0.4) is 0 Å². The third-order valence-corrected chi connectivity index (χ3v) is 11.8. The normalized spacial score (nSPS) is 26.8. The monoisotopic (exact) mass is 727 g/mol. The number of aliphatic hydroxyl groups excluding tert-OH is 1. The van der Waals surface area contributed by atoms with Crippen molar-refractivity contribution in [2.24, 2.45) is 0 Å². The average Bonchev–Trinajstić information content (AvgIpc) is 3.43. The number of carbonyl (C=O) groups is 1. The SMILES string of the molecule is CC(NP(=O)(OCC1OC(n2ccc3c(N(C4CC4)S(C)(=O)=O)ncnc32)[C@](C)(O)[C@@H]1O)Oc1ccc(Cl)cc1)C(=O)OC1CCCC1. The lowest BCUT2D eigenvalue weighted by molar-refractivity contribution is -0.150. The Labute approximate surface area is 283 Å². The van der Waals surface area contributed by atoms with Crippen molar-refractivity contribution < 1.29 is 46.5 Å². The number of anilines is 1. The van der Waals surface area contributed by atoms with Crippen LogP contribution in [0.4, 0.5) is 5.82 Å². The Hall–Kier alpha value is -2.82. The fourth-order valence-corrected chi connectivity index (χ4v) is 8.91. The highest BCUT2D eigenvalue weighted by molar-refractivity contribution is 7.92. The lowest BCUT2D eigenvalue weighted by Gasteiger charge is -2.28. The molecule has 0 amide bonds. The second kappa shape index (κ2) is 13.5. The van der Waals surface area contributed by atoms with Crippen molar-refractivity contribution in [2.75, 3.05) is 17.2 Å². The summed E-state index contributed by atoms with van der Waals surface area (Å²) in [5.74, 6) is -0.288. The van der Waals surface area contributed by atoms with Crippen LogP contribution >= 0.6 is 19.3 Å². The van der Waals surface area contributed by atoms with Gasteiger partial charge in [0.15, 0.2) is 12.0 Å². The molecule has 3 aliphatic rings. The zero-order chi connectivity index (χ0) is 34.4. The topological polar surface area (TPSA) is 192 Å². The molecule has 0 radical (unpaired) electrons. The van der Waals surface area contributed by atoms with E-state index >= 15 is 0 Å². The first-order valence-electron chi connectivity index (χ1n) is 15.7. The molecule has 3 heterocycles. The largest absolute Gasteiger partial charge is 0.461 e. The second-order valence-electron chi connectivity index (χ2n) is 12.7. The van der Waals surface area contributed by atoms with Crippen LogP contribution in [-0.4, -0.2) is 88.0 Å². The fourth-order valence-electron chi connectivity index (χ4n) is 6.07. The lowest BCUT2D eigenvalue weighted by atomic mass is 9.96. The van der Waals surface area contributed by atoms with Crippen LogP contribution in [0.25, 0.3) is 11.0 Å². The molecule has 262 valence electrons. The van der Waals surface area contributed by atoms with Gasteiger partial charge in [-0.2, -0.15) is 5.09 Å². The number of hydrogen-bond donors (Lipinski definition) is 3. The highest BCUT2D eigenvalue weighted by atomic mass is 35.5. The molecule has 0 spiro atoms. The minimum atomic E-state index is -4.34. The van der Waals surface area contributed by atoms with Crippen LogP contribution in [-0.2, 0) is 33.4 Å². The Morgan fingerprint density at radius 2 is 1.90 bits per heavy atom. The van der Waals surface area contributed by atoms with Crippen LogP contribution in [0.2, 0.25) is 5.02 Å². The highest BCUT2D eigenvalue weighted by Crippen LogP contribution is 2.48. The van der Waals surface area contributed by atoms with E-state index < -0.39 is 60.4 Å². The van der Waals surface area contributed by atoms with Gasteiger partial charge in [0.25, 0.3) is 0 Å². The van der Waals surface area contributed by atoms with Crippen molar-refractivity contribution in [1.82, 2.24) is 19.6 Å². The van der Waals surface area contributed by atoms with Crippen molar-refractivity contribution in [1.29, 1.82) is 0 Å². The van der Waals surface area contributed by atoms with Crippen LogP contribution in [0, 0.1) is 0 Å². The summed E-state index contributed by atoms with van der Waals surface area (Å²) in [6.07, 6.45) is 4.52. The molecule has 2 aromatic heterocycles. The summed E-state index contributed by atoms with van der Waals surface area (Å²) >= 11 is 5.99. The van der Waals surface area contributed by atoms with Gasteiger partial charge >= 0.3 is 13.7 Å². The smallest absolute Gasteiger partial charge is 0.459 e. The lowest BCUT2D eigenvalue weighted by Crippen LogP contribution is -2.44. The number of benzene rings is 1. The summed E-state index contributed by atoms with van der Waals surface area (Å²) in [5, 5.41) is 26.1. The van der Waals surface area contributed by atoms with E-state index in [4.69, 9.17) is 30.1 Å². The zero-order valence-electron chi connectivity index (χ0n) is 26.6. The van der Waals surface area contributed by atoms with E-state index in [2.05, 4.69) is 15.1 Å². The maximum atomic E-state index is 14.1. The van der Waals surface area contributed by atoms with Gasteiger partial charge in [-0.25, -0.2) is 23.0 Å². The Bertz CT molecular complexity index is 1800. The molecular formula is C30H39ClN5O10PS. The maximum absolute atomic E-state index is 14.1. The standard InChI is InChI=1S/C30H39ClN5O10PS/c1-18(28(38)44-21-6-4-5-7-21)34-47(40,46-22-12-8-19(31)9-13-22)43-16-24-25(37)30(2,39)29(45-24)35-15-14-23-26(35)32-17-33-27(23)36(20-10-11-20)48(3,41)42/h8-9,12-15,17-18,20-21,24-25,29,37,39H,4-7,10-11,16H2,1-3H3,(H,34,40)/t18?,24?,25-,29?,30-,47?/m1/s1. The number of ether oxygens (including phenoxy) is 2. The molecule has 1 aliphatic heterocycles. The molecule has 2 saturated carbocycles. The average molecular weight is 728 g/mol. The molecule has 0 bridgehead atoms. The first-order valence-corrected chi connectivity index (χ1v) is 19.5. The maximum Gasteiger partial charge on any atom is 0.459 e. The number of esters is 1. The summed E-state index contributed by atoms with van der Waals surface area (Å²) in [7, 11) is -7.99. The number of sulfonamides is 1. The number of nitrogens with zero attached hydrogens (tertiary/aromatic N) is 4. The summed E-state index contributed by atoms with van der Waals surface area (Å²) in [6.45, 7) is 2.31. The molecule has 3 aromatic rings. The van der Waals surface area contributed by atoms with Gasteiger partial charge < -0.3 is 28.8 Å². The first kappa shape index (κ1) is 35.0. The van der Waals surface area contributed by atoms with Crippen molar-refractivity contribution in [3.8, 4) is 5.75 Å². The number of aliphatic hydroxyl groups is 2. The van der Waals surface area contributed by atoms with Crippen molar-refractivity contribution >= 4 is 52.2 Å². The van der Waals surface area contributed by atoms with E-state index in [0.717, 1.165) is 31.9 Å². The number of fused-ring (bicyclic) bond motifs is 1. The van der Waals surface area contributed by atoms with E-state index in [1.807, 2.05) is 0 Å². The molecular weight excluding hydrogens is 689 g/mol. The first-order chi connectivity index (χ1) is 22.7. The highest BCUT2D eigenvalue weighted by Gasteiger charge is 2.54. The second-order valence-corrected chi connectivity index (χ2v) is 16.7. The number of hydrogen-bond acceptors (Lipinski definition) is 12. The molecule has 1 saturated heterocycles. The molecule has 6 atom stereocenters. The van der Waals surface area contributed by atoms with Gasteiger partial charge in [0.05, 0.1) is 18.2 Å². The van der Waals surface area contributed by atoms with E-state index in [1.54, 1.807) is 12.3 Å². The molecule has 15 nitrogen and oxygen atoms in total. The molecule has 3 fully saturated rings. The van der Waals surface area contributed by atoms with Crippen LogP contribution in [0.1, 0.15) is 58.6 Å². The molecule has 6 rings (SSSR count). The fraction of sp³-hybridized carbons (Fsp3) is 0.567. The third kappa shape index (κ3) is 7.36. The van der Waals surface area contributed by atoms with Gasteiger partial charge in [-0.15, -0.1) is 0 Å². The molecule has 1 aromatic carbocycles. The summed E-state index contributed by atoms with van der Waals surface area (Å²) in [5.41, 5.74) is -1.65. The Balaban J connectivity index is 1.22. The molecule has 3 N–H and O–H groups in total. The van der Waals surface area contributed by atoms with Crippen LogP contribution in [0.15, 0.2) is 42.9 Å². The van der Waals surface area contributed by atoms with Gasteiger partial charge in [-0.05, 0) is 82.7 Å². The Kier molecular flexibility index (Phi) is 9.83. The van der Waals surface area contributed by atoms with Gasteiger partial charge in [0.1, 0.15) is 47.7 Å². The van der Waals surface area contributed by atoms with Gasteiger partial charge in [0, 0.05) is 17.3 Å². The molecule has 48 heavy (non-hydrogen) atoms. The Morgan fingerprint density at radius 1 is 1.21 bits per heavy atom. The van der Waals surface area contributed by atoms with E-state index in [-0.39, 0.29) is 29.4 Å². The summed E-state index contributed by atoms with van der Waals surface area (Å²) in [4.78, 5) is 21.4. The van der Waals surface area contributed by atoms with Gasteiger partial charge in [-0.3, -0.25) is 13.6 Å². The Morgan fingerprint density at radius 3 is 2.54 bits per heavy atom. The minimum absolute atomic E-state index is 0.132. The quantitative estimate of drug-likeness (QED) is 0.171. The van der Waals surface area contributed by atoms with Crippen LogP contribution in [0.5, 0.6) is 5.75 Å². The molecule has 18 heteroatoms. The number of nitrogens with one attached hydrogen (secondary N) is 1. The minimum Gasteiger partial charge on any atom is -0.461 e. The van der Waals surface area contributed by atoms with Gasteiger partial charge in [0.2, 0.25) is 10.0 Å². The number of carbonyl (C=O) groups excluding carboxylic acids is 1. The molecule has 2 aliphatic carbocycles. The summed E-state index contributed by atoms with van der Waals surface area (Å²) < 4.78 is 65.3. The van der Waals surface area contributed by atoms with E-state index in [9.17, 15) is 28.0 Å². The number of rotatable bonds is 13.